The summed E-state index contributed by atoms with van der Waals surface area (Å²) in [6.45, 7) is 6.21. The zero-order valence-corrected chi connectivity index (χ0v) is 11.8. The van der Waals surface area contributed by atoms with Gasteiger partial charge in [0.1, 0.15) is 0 Å². The molecule has 1 saturated heterocycles. The number of ether oxygens (including phenoxy) is 1. The topological polar surface area (TPSA) is 50.4 Å². The van der Waals surface area contributed by atoms with Gasteiger partial charge in [-0.15, -0.1) is 6.58 Å². The smallest absolute Gasteiger partial charge is 0.315 e. The fraction of sp³-hybridized carbons (Fsp3) is 0.438. The first kappa shape index (κ1) is 14.6. The lowest BCUT2D eigenvalue weighted by Crippen LogP contribution is -2.47. The molecule has 0 radical (unpaired) electrons. The number of hydrogen-bond donors (Lipinski definition) is 2. The summed E-state index contributed by atoms with van der Waals surface area (Å²) >= 11 is 0. The molecule has 2 N–H and O–H groups in total. The predicted molar refractivity (Wildman–Crippen MR) is 79.5 cm³/mol. The number of carbonyl (C=O) groups is 1. The number of rotatable bonds is 4. The average molecular weight is 274 g/mol. The highest BCUT2D eigenvalue weighted by molar-refractivity contribution is 5.74. The zero-order valence-electron chi connectivity index (χ0n) is 11.8. The molecule has 0 bridgehead atoms. The quantitative estimate of drug-likeness (QED) is 0.829. The molecule has 1 aromatic rings. The van der Waals surface area contributed by atoms with Crippen LogP contribution in [-0.4, -0.2) is 24.7 Å². The van der Waals surface area contributed by atoms with Crippen molar-refractivity contribution in [3.8, 4) is 0 Å². The number of urea groups is 1. The van der Waals surface area contributed by atoms with E-state index in [-0.39, 0.29) is 24.2 Å². The Morgan fingerprint density at radius 1 is 1.45 bits per heavy atom. The highest BCUT2D eigenvalue weighted by Crippen LogP contribution is 2.27. The number of benzene rings is 1. The predicted octanol–water partition coefficient (Wildman–Crippen LogP) is 2.78. The van der Waals surface area contributed by atoms with Gasteiger partial charge in [0.2, 0.25) is 0 Å². The van der Waals surface area contributed by atoms with E-state index in [1.54, 1.807) is 6.08 Å². The van der Waals surface area contributed by atoms with Gasteiger partial charge in [-0.25, -0.2) is 4.79 Å². The average Bonchev–Trinajstić information content (AvgIpc) is 2.48. The summed E-state index contributed by atoms with van der Waals surface area (Å²) in [6, 6.07) is 10.1. The largest absolute Gasteiger partial charge is 0.373 e. The van der Waals surface area contributed by atoms with Crippen molar-refractivity contribution in [2.75, 3.05) is 6.61 Å². The van der Waals surface area contributed by atoms with E-state index in [1.165, 1.54) is 5.56 Å². The van der Waals surface area contributed by atoms with E-state index < -0.39 is 0 Å². The van der Waals surface area contributed by atoms with Crippen LogP contribution < -0.4 is 10.6 Å². The number of amides is 2. The van der Waals surface area contributed by atoms with Gasteiger partial charge in [0, 0.05) is 18.7 Å². The van der Waals surface area contributed by atoms with Crippen molar-refractivity contribution in [2.45, 2.75) is 38.0 Å². The molecule has 4 nitrogen and oxygen atoms in total. The standard InChI is InChI=1S/C16H22N2O2/c1-3-12(2)17-16(19)18-14-9-10-20-15(11-14)13-7-5-4-6-8-13/h3-8,12,14-15H,1,9-11H2,2H3,(H2,17,18,19)/t12-,14+,15-/m0/s1. The fourth-order valence-corrected chi connectivity index (χ4v) is 2.32. The van der Waals surface area contributed by atoms with E-state index in [0.717, 1.165) is 12.8 Å². The van der Waals surface area contributed by atoms with Gasteiger partial charge in [-0.2, -0.15) is 0 Å². The molecule has 0 spiro atoms. The molecule has 0 saturated carbocycles. The van der Waals surface area contributed by atoms with Gasteiger partial charge < -0.3 is 15.4 Å². The van der Waals surface area contributed by atoms with Gasteiger partial charge in [-0.1, -0.05) is 36.4 Å². The Morgan fingerprint density at radius 2 is 2.20 bits per heavy atom. The molecule has 2 rings (SSSR count). The van der Waals surface area contributed by atoms with E-state index in [2.05, 4.69) is 29.3 Å². The fourth-order valence-electron chi connectivity index (χ4n) is 2.32. The van der Waals surface area contributed by atoms with Crippen LogP contribution in [-0.2, 0) is 4.74 Å². The van der Waals surface area contributed by atoms with Crippen LogP contribution in [0.3, 0.4) is 0 Å². The minimum atomic E-state index is -0.142. The van der Waals surface area contributed by atoms with Gasteiger partial charge in [0.25, 0.3) is 0 Å². The molecule has 0 unspecified atom stereocenters. The lowest BCUT2D eigenvalue weighted by molar-refractivity contribution is 0.00224. The summed E-state index contributed by atoms with van der Waals surface area (Å²) in [5.74, 6) is 0. The molecule has 1 aliphatic heterocycles. The van der Waals surface area contributed by atoms with E-state index in [1.807, 2.05) is 25.1 Å². The molecule has 0 aliphatic carbocycles. The molecule has 1 fully saturated rings. The number of nitrogens with one attached hydrogen (secondary N) is 2. The molecule has 1 heterocycles. The van der Waals surface area contributed by atoms with Gasteiger partial charge in [-0.3, -0.25) is 0 Å². The van der Waals surface area contributed by atoms with Gasteiger partial charge in [-0.05, 0) is 25.3 Å². The Hall–Kier alpha value is -1.81. The van der Waals surface area contributed by atoms with Gasteiger partial charge in [0.15, 0.2) is 0 Å². The Bertz CT molecular complexity index is 447. The number of carbonyl (C=O) groups excluding carboxylic acids is 1. The zero-order chi connectivity index (χ0) is 14.4. The van der Waals surface area contributed by atoms with Crippen LogP contribution in [0.15, 0.2) is 43.0 Å². The van der Waals surface area contributed by atoms with Crippen molar-refractivity contribution in [2.24, 2.45) is 0 Å². The number of hydrogen-bond acceptors (Lipinski definition) is 2. The highest BCUT2D eigenvalue weighted by atomic mass is 16.5. The first-order valence-electron chi connectivity index (χ1n) is 7.05. The molecule has 1 aliphatic rings. The molecule has 20 heavy (non-hydrogen) atoms. The Kier molecular flexibility index (Phi) is 5.18. The van der Waals surface area contributed by atoms with E-state index >= 15 is 0 Å². The monoisotopic (exact) mass is 274 g/mol. The summed E-state index contributed by atoms with van der Waals surface area (Å²) in [7, 11) is 0. The molecule has 0 aromatic heterocycles. The summed E-state index contributed by atoms with van der Waals surface area (Å²) < 4.78 is 5.79. The van der Waals surface area contributed by atoms with Crippen LogP contribution >= 0.6 is 0 Å². The van der Waals surface area contributed by atoms with Crippen molar-refractivity contribution in [1.29, 1.82) is 0 Å². The Labute approximate surface area is 120 Å². The van der Waals surface area contributed by atoms with E-state index in [9.17, 15) is 4.79 Å². The van der Waals surface area contributed by atoms with Crippen molar-refractivity contribution in [1.82, 2.24) is 10.6 Å². The molecular formula is C16H22N2O2. The normalized spacial score (nSPS) is 23.6. The highest BCUT2D eigenvalue weighted by Gasteiger charge is 2.25. The van der Waals surface area contributed by atoms with Crippen LogP contribution in [0.4, 0.5) is 4.79 Å². The lowest BCUT2D eigenvalue weighted by atomic mass is 9.97. The second kappa shape index (κ2) is 7.10. The first-order valence-corrected chi connectivity index (χ1v) is 7.05. The third kappa shape index (κ3) is 4.10. The second-order valence-electron chi connectivity index (χ2n) is 5.13. The minimum absolute atomic E-state index is 0.0280. The SMILES string of the molecule is C=C[C@H](C)NC(=O)N[C@@H]1CCO[C@H](c2ccccc2)C1. The minimum Gasteiger partial charge on any atom is -0.373 e. The second-order valence-corrected chi connectivity index (χ2v) is 5.13. The lowest BCUT2D eigenvalue weighted by Gasteiger charge is -2.30. The van der Waals surface area contributed by atoms with Crippen molar-refractivity contribution < 1.29 is 9.53 Å². The molecule has 3 atom stereocenters. The maximum absolute atomic E-state index is 11.8. The third-order valence-corrected chi connectivity index (χ3v) is 3.50. The van der Waals surface area contributed by atoms with Crippen LogP contribution in [0.1, 0.15) is 31.4 Å². The van der Waals surface area contributed by atoms with Gasteiger partial charge >= 0.3 is 6.03 Å². The van der Waals surface area contributed by atoms with Crippen LogP contribution in [0, 0.1) is 0 Å². The maximum Gasteiger partial charge on any atom is 0.315 e. The van der Waals surface area contributed by atoms with Gasteiger partial charge in [0.05, 0.1) is 6.10 Å². The summed E-state index contributed by atoms with van der Waals surface area (Å²) in [5.41, 5.74) is 1.17. The summed E-state index contributed by atoms with van der Waals surface area (Å²) in [5, 5.41) is 5.83. The van der Waals surface area contributed by atoms with Crippen molar-refractivity contribution in [3.63, 3.8) is 0 Å². The molecular weight excluding hydrogens is 252 g/mol. The molecule has 108 valence electrons. The molecule has 2 amide bonds. The Morgan fingerprint density at radius 3 is 2.90 bits per heavy atom. The molecule has 1 aromatic carbocycles. The molecule has 4 heteroatoms. The van der Waals surface area contributed by atoms with Crippen LogP contribution in [0.25, 0.3) is 0 Å². The van der Waals surface area contributed by atoms with Crippen molar-refractivity contribution >= 4 is 6.03 Å². The van der Waals surface area contributed by atoms with Crippen LogP contribution in [0.5, 0.6) is 0 Å². The third-order valence-electron chi connectivity index (χ3n) is 3.50. The summed E-state index contributed by atoms with van der Waals surface area (Å²) in [6.07, 6.45) is 3.42. The van der Waals surface area contributed by atoms with E-state index in [4.69, 9.17) is 4.74 Å². The first-order chi connectivity index (χ1) is 9.69. The van der Waals surface area contributed by atoms with Crippen LogP contribution in [0.2, 0.25) is 0 Å². The van der Waals surface area contributed by atoms with E-state index in [0.29, 0.717) is 6.61 Å². The Balaban J connectivity index is 1.87. The summed E-state index contributed by atoms with van der Waals surface area (Å²) in [4.78, 5) is 11.8. The van der Waals surface area contributed by atoms with Crippen molar-refractivity contribution in [3.05, 3.63) is 48.6 Å². The maximum atomic E-state index is 11.8.